The van der Waals surface area contributed by atoms with E-state index in [1.807, 2.05) is 0 Å². The highest BCUT2D eigenvalue weighted by Crippen LogP contribution is 2.26. The SMILES string of the molecule is CCOC(=O)C(CSSC(=O)[C@@H](N)CS)NC(=O)c1cccc(-c2cccc(C(=O)NC(CSSC(=O)[C@@H](N)CS)C(=O)OCC)n2)n1. The summed E-state index contributed by atoms with van der Waals surface area (Å²) in [4.78, 5) is 84.1. The largest absolute Gasteiger partial charge is 0.464 e. The minimum absolute atomic E-state index is 0.0160. The molecule has 6 N–H and O–H groups in total. The molecule has 2 aromatic rings. The number of nitrogens with one attached hydrogen (secondary N) is 2. The molecule has 2 aromatic heterocycles. The van der Waals surface area contributed by atoms with E-state index in [1.165, 1.54) is 12.1 Å². The normalized spacial score (nSPS) is 13.4. The molecule has 48 heavy (non-hydrogen) atoms. The summed E-state index contributed by atoms with van der Waals surface area (Å²) < 4.78 is 10.2. The van der Waals surface area contributed by atoms with E-state index in [0.717, 1.165) is 43.2 Å². The van der Waals surface area contributed by atoms with Crippen LogP contribution < -0.4 is 22.1 Å². The highest BCUT2D eigenvalue weighted by atomic mass is 33.1. The maximum atomic E-state index is 13.1. The summed E-state index contributed by atoms with van der Waals surface area (Å²) in [6.07, 6.45) is 0. The van der Waals surface area contributed by atoms with Gasteiger partial charge in [-0.2, -0.15) is 25.3 Å². The standard InChI is InChI=1S/C28H36N6O8S6/c1-3-41-25(37)21(13-45-47-27(39)15(29)11-43)33-23(35)19-9-5-7-17(31-19)18-8-6-10-20(32-18)24(36)34-22(26(38)42-4-2)14-46-48-28(40)16(30)12-44/h5-10,15-16,21-22,43-44H,3-4,11-14,29-30H2,1-2H3,(H,33,35)(H,34,36)/t15-,16-,21?,22?/m0/s1. The second-order valence-electron chi connectivity index (χ2n) is 9.32. The Kier molecular flexibility index (Phi) is 19.4. The van der Waals surface area contributed by atoms with Crippen LogP contribution in [0, 0.1) is 0 Å². The van der Waals surface area contributed by atoms with Crippen molar-refractivity contribution in [3.63, 3.8) is 0 Å². The van der Waals surface area contributed by atoms with Crippen LogP contribution in [0.5, 0.6) is 0 Å². The fourth-order valence-corrected chi connectivity index (χ4v) is 8.02. The maximum absolute atomic E-state index is 13.1. The second kappa shape index (κ2) is 22.3. The lowest BCUT2D eigenvalue weighted by Gasteiger charge is -2.17. The van der Waals surface area contributed by atoms with Crippen LogP contribution in [0.3, 0.4) is 0 Å². The van der Waals surface area contributed by atoms with Crippen molar-refractivity contribution in [1.29, 1.82) is 0 Å². The number of amides is 2. The highest BCUT2D eigenvalue weighted by molar-refractivity contribution is 8.82. The maximum Gasteiger partial charge on any atom is 0.329 e. The average Bonchev–Trinajstić information content (AvgIpc) is 3.09. The van der Waals surface area contributed by atoms with Gasteiger partial charge >= 0.3 is 11.9 Å². The summed E-state index contributed by atoms with van der Waals surface area (Å²) >= 11 is 8.00. The van der Waals surface area contributed by atoms with Crippen molar-refractivity contribution in [3.8, 4) is 11.4 Å². The van der Waals surface area contributed by atoms with Crippen molar-refractivity contribution >= 4 is 102 Å². The number of esters is 2. The summed E-state index contributed by atoms with van der Waals surface area (Å²) in [5, 5.41) is 4.53. The Hall–Kier alpha value is -2.46. The molecule has 0 saturated heterocycles. The van der Waals surface area contributed by atoms with Crippen molar-refractivity contribution in [2.24, 2.45) is 11.5 Å². The molecule has 0 aliphatic rings. The second-order valence-corrected chi connectivity index (χ2v) is 14.7. The van der Waals surface area contributed by atoms with Crippen LogP contribution in [0.2, 0.25) is 0 Å². The van der Waals surface area contributed by atoms with Crippen LogP contribution in [-0.2, 0) is 28.7 Å². The molecule has 2 unspecified atom stereocenters. The zero-order chi connectivity index (χ0) is 35.6. The van der Waals surface area contributed by atoms with E-state index in [2.05, 4.69) is 45.9 Å². The minimum Gasteiger partial charge on any atom is -0.464 e. The number of thiol groups is 2. The van der Waals surface area contributed by atoms with E-state index in [9.17, 15) is 28.8 Å². The number of nitrogens with zero attached hydrogens (tertiary/aromatic N) is 2. The molecule has 262 valence electrons. The molecular weight excluding hydrogens is 741 g/mol. The van der Waals surface area contributed by atoms with Crippen molar-refractivity contribution in [2.45, 2.75) is 38.0 Å². The molecule has 0 spiro atoms. The van der Waals surface area contributed by atoms with Crippen LogP contribution in [-0.4, -0.2) is 104 Å². The zero-order valence-electron chi connectivity index (χ0n) is 25.9. The monoisotopic (exact) mass is 776 g/mol. The van der Waals surface area contributed by atoms with E-state index in [-0.39, 0.29) is 69.2 Å². The van der Waals surface area contributed by atoms with Crippen LogP contribution >= 0.6 is 68.4 Å². The molecule has 20 heteroatoms. The first kappa shape index (κ1) is 41.7. The first-order valence-electron chi connectivity index (χ1n) is 14.2. The molecule has 0 fully saturated rings. The fourth-order valence-electron chi connectivity index (χ4n) is 3.29. The van der Waals surface area contributed by atoms with Gasteiger partial charge in [0.05, 0.1) is 36.7 Å². The van der Waals surface area contributed by atoms with Gasteiger partial charge in [0.1, 0.15) is 23.5 Å². The lowest BCUT2D eigenvalue weighted by Crippen LogP contribution is -2.44. The van der Waals surface area contributed by atoms with E-state index in [1.54, 1.807) is 38.1 Å². The Balaban J connectivity index is 2.17. The van der Waals surface area contributed by atoms with Gasteiger partial charge in [-0.15, -0.1) is 0 Å². The third-order valence-corrected chi connectivity index (χ3v) is 11.1. The van der Waals surface area contributed by atoms with Crippen LogP contribution in [0.15, 0.2) is 36.4 Å². The number of ether oxygens (including phenoxy) is 2. The van der Waals surface area contributed by atoms with Crippen LogP contribution in [0.1, 0.15) is 34.8 Å². The van der Waals surface area contributed by atoms with Gasteiger partial charge in [0.25, 0.3) is 11.8 Å². The molecule has 2 heterocycles. The van der Waals surface area contributed by atoms with Crippen molar-refractivity contribution in [3.05, 3.63) is 47.8 Å². The average molecular weight is 777 g/mol. The van der Waals surface area contributed by atoms with Gasteiger partial charge in [-0.05, 0) is 59.7 Å². The Labute approximate surface area is 304 Å². The lowest BCUT2D eigenvalue weighted by molar-refractivity contribution is -0.145. The zero-order valence-corrected chi connectivity index (χ0v) is 30.9. The van der Waals surface area contributed by atoms with Gasteiger partial charge < -0.3 is 31.6 Å². The Bertz CT molecular complexity index is 1330. The summed E-state index contributed by atoms with van der Waals surface area (Å²) in [7, 11) is 3.79. The van der Waals surface area contributed by atoms with E-state index < -0.39 is 47.9 Å². The number of rotatable bonds is 19. The van der Waals surface area contributed by atoms with E-state index in [0.29, 0.717) is 0 Å². The number of carbonyl (C=O) groups is 6. The van der Waals surface area contributed by atoms with Crippen molar-refractivity contribution in [2.75, 3.05) is 36.2 Å². The summed E-state index contributed by atoms with van der Waals surface area (Å²) in [6, 6.07) is 5.41. The van der Waals surface area contributed by atoms with Crippen molar-refractivity contribution in [1.82, 2.24) is 20.6 Å². The van der Waals surface area contributed by atoms with Crippen LogP contribution in [0.25, 0.3) is 11.4 Å². The molecule has 0 bridgehead atoms. The molecule has 2 rings (SSSR count). The summed E-state index contributed by atoms with van der Waals surface area (Å²) in [5.74, 6) is -2.39. The smallest absolute Gasteiger partial charge is 0.329 e. The van der Waals surface area contributed by atoms with E-state index in [4.69, 9.17) is 20.9 Å². The topological polar surface area (TPSA) is 223 Å². The molecule has 14 nitrogen and oxygen atoms in total. The van der Waals surface area contributed by atoms with Crippen LogP contribution in [0.4, 0.5) is 0 Å². The van der Waals surface area contributed by atoms with Gasteiger partial charge in [-0.1, -0.05) is 33.7 Å². The third kappa shape index (κ3) is 13.8. The fraction of sp³-hybridized carbons (Fsp3) is 0.429. The predicted octanol–water partition coefficient (Wildman–Crippen LogP) is 1.80. The van der Waals surface area contributed by atoms with Gasteiger partial charge in [0.15, 0.2) is 0 Å². The predicted molar refractivity (Wildman–Crippen MR) is 197 cm³/mol. The van der Waals surface area contributed by atoms with Crippen molar-refractivity contribution < 1.29 is 38.2 Å². The number of aromatic nitrogens is 2. The number of hydrogen-bond acceptors (Lipinski definition) is 18. The Morgan fingerprint density at radius 2 is 1.08 bits per heavy atom. The van der Waals surface area contributed by atoms with E-state index >= 15 is 0 Å². The number of nitrogens with two attached hydrogens (primary N) is 2. The van der Waals surface area contributed by atoms with Gasteiger partial charge in [-0.25, -0.2) is 19.6 Å². The molecule has 0 aliphatic heterocycles. The minimum atomic E-state index is -1.09. The molecule has 0 aliphatic carbocycles. The molecular formula is C28H36N6O8S6. The number of pyridine rings is 2. The summed E-state index contributed by atoms with van der Waals surface area (Å²) in [6.45, 7) is 3.41. The van der Waals surface area contributed by atoms with Gasteiger partial charge in [0, 0.05) is 23.0 Å². The van der Waals surface area contributed by atoms with Gasteiger partial charge in [-0.3, -0.25) is 19.2 Å². The number of carbonyl (C=O) groups excluding carboxylic acids is 6. The molecule has 0 radical (unpaired) electrons. The quantitative estimate of drug-likeness (QED) is 0.0680. The first-order valence-corrected chi connectivity index (χ1v) is 20.1. The molecule has 2 amide bonds. The van der Waals surface area contributed by atoms with Gasteiger partial charge in [0.2, 0.25) is 10.2 Å². The number of hydrogen-bond donors (Lipinski definition) is 6. The highest BCUT2D eigenvalue weighted by Gasteiger charge is 2.27. The molecule has 0 aromatic carbocycles. The third-order valence-electron chi connectivity index (χ3n) is 5.73. The molecule has 0 saturated carbocycles. The first-order chi connectivity index (χ1) is 22.9. The Morgan fingerprint density at radius 1 is 0.708 bits per heavy atom. The lowest BCUT2D eigenvalue weighted by atomic mass is 10.2. The summed E-state index contributed by atoms with van der Waals surface area (Å²) in [5.41, 5.74) is 11.7. The molecule has 4 atom stereocenters. The Morgan fingerprint density at radius 3 is 1.42 bits per heavy atom.